The number of nitrogens with one attached hydrogen (secondary N) is 1. The van der Waals surface area contributed by atoms with Crippen molar-refractivity contribution in [3.63, 3.8) is 0 Å². The first-order valence-corrected chi connectivity index (χ1v) is 6.13. The summed E-state index contributed by atoms with van der Waals surface area (Å²) in [5, 5.41) is 2.55. The molecule has 0 spiro atoms. The summed E-state index contributed by atoms with van der Waals surface area (Å²) in [6, 6.07) is 6.55. The van der Waals surface area contributed by atoms with Gasteiger partial charge in [-0.15, -0.1) is 0 Å². The zero-order valence-electron chi connectivity index (χ0n) is 11.1. The van der Waals surface area contributed by atoms with E-state index in [4.69, 9.17) is 0 Å². The molecule has 0 heterocycles. The minimum absolute atomic E-state index is 0.0232. The van der Waals surface area contributed by atoms with Crippen molar-refractivity contribution in [3.8, 4) is 0 Å². The van der Waals surface area contributed by atoms with Crippen molar-refractivity contribution in [3.05, 3.63) is 64.7 Å². The van der Waals surface area contributed by atoms with Crippen LogP contribution in [0.15, 0.2) is 36.4 Å². The number of benzene rings is 2. The third-order valence-corrected chi connectivity index (χ3v) is 3.01. The number of hydrogen-bond acceptors (Lipinski definition) is 1. The van der Waals surface area contributed by atoms with Gasteiger partial charge in [-0.05, 0) is 42.3 Å². The Kier molecular flexibility index (Phi) is 4.16. The highest BCUT2D eigenvalue weighted by atomic mass is 19.4. The van der Waals surface area contributed by atoms with E-state index in [0.29, 0.717) is 23.3 Å². The molecule has 0 saturated heterocycles. The average Bonchev–Trinajstić information content (AvgIpc) is 2.40. The molecule has 0 aromatic heterocycles. The molecule has 2 aromatic rings. The molecule has 0 fully saturated rings. The largest absolute Gasteiger partial charge is 0.416 e. The number of halogens is 5. The van der Waals surface area contributed by atoms with Gasteiger partial charge in [0.05, 0.1) is 11.3 Å². The molecule has 0 aliphatic rings. The normalized spacial score (nSPS) is 11.5. The van der Waals surface area contributed by atoms with E-state index in [1.165, 1.54) is 6.07 Å². The summed E-state index contributed by atoms with van der Waals surface area (Å²) in [5.74, 6) is -1.21. The molecular weight excluding hydrogens is 289 g/mol. The molecule has 1 N–H and O–H groups in total. The Hall–Kier alpha value is -2.11. The number of rotatable bonds is 3. The first-order chi connectivity index (χ1) is 9.77. The summed E-state index contributed by atoms with van der Waals surface area (Å²) in [7, 11) is 0. The third kappa shape index (κ3) is 3.71. The van der Waals surface area contributed by atoms with E-state index in [2.05, 4.69) is 5.32 Å². The molecule has 112 valence electrons. The number of aryl methyl sites for hydroxylation is 1. The van der Waals surface area contributed by atoms with Crippen molar-refractivity contribution in [1.82, 2.24) is 0 Å². The molecular formula is C15H12F5N. The Bertz CT molecular complexity index is 649. The predicted octanol–water partition coefficient (Wildman–Crippen LogP) is 4.90. The van der Waals surface area contributed by atoms with Gasteiger partial charge in [0.2, 0.25) is 0 Å². The molecule has 0 aliphatic carbocycles. The second kappa shape index (κ2) is 5.71. The first kappa shape index (κ1) is 15.3. The van der Waals surface area contributed by atoms with Gasteiger partial charge < -0.3 is 5.32 Å². The van der Waals surface area contributed by atoms with Gasteiger partial charge in [0.1, 0.15) is 11.6 Å². The molecule has 21 heavy (non-hydrogen) atoms. The van der Waals surface area contributed by atoms with Crippen LogP contribution in [-0.2, 0) is 12.7 Å². The second-order valence-electron chi connectivity index (χ2n) is 4.63. The van der Waals surface area contributed by atoms with Gasteiger partial charge >= 0.3 is 6.18 Å². The van der Waals surface area contributed by atoms with Crippen molar-refractivity contribution in [1.29, 1.82) is 0 Å². The molecule has 2 aromatic carbocycles. The fourth-order valence-electron chi connectivity index (χ4n) is 1.78. The van der Waals surface area contributed by atoms with E-state index in [1.54, 1.807) is 19.1 Å². The molecule has 0 saturated carbocycles. The lowest BCUT2D eigenvalue weighted by molar-refractivity contribution is -0.137. The van der Waals surface area contributed by atoms with Crippen molar-refractivity contribution in [2.75, 3.05) is 5.32 Å². The van der Waals surface area contributed by atoms with Crippen LogP contribution in [0.2, 0.25) is 0 Å². The standard InChI is InChI=1S/C15H12F5N/c1-9-2-3-10(6-13(9)17)8-21-14-7-11(15(18,19)20)4-5-12(14)16/h2-7,21H,8H2,1H3. The maximum atomic E-state index is 13.5. The number of anilines is 1. The van der Waals surface area contributed by atoms with Gasteiger partial charge in [0.15, 0.2) is 0 Å². The average molecular weight is 301 g/mol. The molecule has 6 heteroatoms. The Labute approximate surface area is 118 Å². The van der Waals surface area contributed by atoms with Crippen molar-refractivity contribution in [2.45, 2.75) is 19.6 Å². The predicted molar refractivity (Wildman–Crippen MR) is 69.9 cm³/mol. The van der Waals surface area contributed by atoms with Gasteiger partial charge in [-0.3, -0.25) is 0 Å². The van der Waals surface area contributed by atoms with Crippen LogP contribution in [0.1, 0.15) is 16.7 Å². The summed E-state index contributed by atoms with van der Waals surface area (Å²) >= 11 is 0. The summed E-state index contributed by atoms with van der Waals surface area (Å²) in [6.07, 6.45) is -4.54. The van der Waals surface area contributed by atoms with E-state index < -0.39 is 23.4 Å². The minimum Gasteiger partial charge on any atom is -0.379 e. The van der Waals surface area contributed by atoms with E-state index >= 15 is 0 Å². The van der Waals surface area contributed by atoms with Gasteiger partial charge in [0, 0.05) is 6.54 Å². The quantitative estimate of drug-likeness (QED) is 0.795. The second-order valence-corrected chi connectivity index (χ2v) is 4.63. The molecule has 0 bridgehead atoms. The van der Waals surface area contributed by atoms with Crippen molar-refractivity contribution >= 4 is 5.69 Å². The van der Waals surface area contributed by atoms with E-state index in [0.717, 1.165) is 6.07 Å². The Morgan fingerprint density at radius 3 is 2.29 bits per heavy atom. The fraction of sp³-hybridized carbons (Fsp3) is 0.200. The molecule has 0 amide bonds. The highest BCUT2D eigenvalue weighted by molar-refractivity contribution is 5.48. The van der Waals surface area contributed by atoms with Gasteiger partial charge in [-0.2, -0.15) is 13.2 Å². The summed E-state index contributed by atoms with van der Waals surface area (Å²) in [6.45, 7) is 1.62. The molecule has 1 nitrogen and oxygen atoms in total. The van der Waals surface area contributed by atoms with Crippen LogP contribution in [-0.4, -0.2) is 0 Å². The smallest absolute Gasteiger partial charge is 0.379 e. The summed E-state index contributed by atoms with van der Waals surface area (Å²) in [4.78, 5) is 0. The van der Waals surface area contributed by atoms with Gasteiger partial charge in [-0.25, -0.2) is 8.78 Å². The lowest BCUT2D eigenvalue weighted by atomic mass is 10.1. The number of alkyl halides is 3. The maximum absolute atomic E-state index is 13.5. The highest BCUT2D eigenvalue weighted by Gasteiger charge is 2.31. The highest BCUT2D eigenvalue weighted by Crippen LogP contribution is 2.31. The van der Waals surface area contributed by atoms with Crippen LogP contribution in [0.25, 0.3) is 0 Å². The zero-order chi connectivity index (χ0) is 15.6. The van der Waals surface area contributed by atoms with E-state index in [1.807, 2.05) is 0 Å². The van der Waals surface area contributed by atoms with Crippen LogP contribution in [0.3, 0.4) is 0 Å². The van der Waals surface area contributed by atoms with E-state index in [9.17, 15) is 22.0 Å². The number of hydrogen-bond donors (Lipinski definition) is 1. The Balaban J connectivity index is 2.17. The third-order valence-electron chi connectivity index (χ3n) is 3.01. The summed E-state index contributed by atoms with van der Waals surface area (Å²) in [5.41, 5.74) is -0.244. The molecule has 0 atom stereocenters. The molecule has 0 radical (unpaired) electrons. The van der Waals surface area contributed by atoms with Crippen LogP contribution in [0.5, 0.6) is 0 Å². The zero-order valence-corrected chi connectivity index (χ0v) is 11.1. The molecule has 0 aliphatic heterocycles. The fourth-order valence-corrected chi connectivity index (χ4v) is 1.78. The van der Waals surface area contributed by atoms with Gasteiger partial charge in [0.25, 0.3) is 0 Å². The monoisotopic (exact) mass is 301 g/mol. The van der Waals surface area contributed by atoms with Crippen molar-refractivity contribution < 1.29 is 22.0 Å². The lowest BCUT2D eigenvalue weighted by Gasteiger charge is -2.12. The first-order valence-electron chi connectivity index (χ1n) is 6.13. The minimum atomic E-state index is -4.54. The molecule has 0 unspecified atom stereocenters. The Morgan fingerprint density at radius 2 is 1.67 bits per heavy atom. The van der Waals surface area contributed by atoms with Crippen LogP contribution in [0.4, 0.5) is 27.6 Å². The van der Waals surface area contributed by atoms with Crippen molar-refractivity contribution in [2.24, 2.45) is 0 Å². The van der Waals surface area contributed by atoms with Crippen LogP contribution in [0, 0.1) is 18.6 Å². The van der Waals surface area contributed by atoms with Crippen LogP contribution < -0.4 is 5.32 Å². The molecule has 2 rings (SSSR count). The van der Waals surface area contributed by atoms with Gasteiger partial charge in [-0.1, -0.05) is 12.1 Å². The summed E-state index contributed by atoms with van der Waals surface area (Å²) < 4.78 is 64.5. The van der Waals surface area contributed by atoms with E-state index in [-0.39, 0.29) is 12.2 Å². The Morgan fingerprint density at radius 1 is 0.952 bits per heavy atom. The SMILES string of the molecule is Cc1ccc(CNc2cc(C(F)(F)F)ccc2F)cc1F. The topological polar surface area (TPSA) is 12.0 Å². The maximum Gasteiger partial charge on any atom is 0.416 e. The van der Waals surface area contributed by atoms with Crippen LogP contribution >= 0.6 is 0 Å². The lowest BCUT2D eigenvalue weighted by Crippen LogP contribution is -2.08.